The fourth-order valence-electron chi connectivity index (χ4n) is 2.51. The van der Waals surface area contributed by atoms with E-state index in [-0.39, 0.29) is 28.6 Å². The van der Waals surface area contributed by atoms with Crippen molar-refractivity contribution < 1.29 is 27.4 Å². The van der Waals surface area contributed by atoms with Crippen LogP contribution < -0.4 is 10.1 Å². The van der Waals surface area contributed by atoms with Gasteiger partial charge in [0.2, 0.25) is 0 Å². The van der Waals surface area contributed by atoms with Crippen LogP contribution in [0.15, 0.2) is 49.2 Å². The molecule has 11 heteroatoms. The van der Waals surface area contributed by atoms with Gasteiger partial charge in [-0.2, -0.15) is 13.2 Å². The van der Waals surface area contributed by atoms with Crippen LogP contribution in [-0.2, 0) is 10.9 Å². The van der Waals surface area contributed by atoms with Gasteiger partial charge < -0.3 is 19.4 Å². The number of ether oxygens (including phenoxy) is 2. The minimum absolute atomic E-state index is 0.0116. The monoisotopic (exact) mass is 440 g/mol. The van der Waals surface area contributed by atoms with E-state index in [9.17, 15) is 18.0 Å². The smallest absolute Gasteiger partial charge is 0.433 e. The van der Waals surface area contributed by atoms with Crippen LogP contribution in [0.4, 0.5) is 18.9 Å². The lowest BCUT2D eigenvalue weighted by Crippen LogP contribution is -2.15. The molecule has 0 aliphatic heterocycles. The van der Waals surface area contributed by atoms with Crippen molar-refractivity contribution in [3.63, 3.8) is 0 Å². The first-order valence-electron chi connectivity index (χ1n) is 8.58. The molecule has 0 saturated carbocycles. The van der Waals surface area contributed by atoms with Gasteiger partial charge >= 0.3 is 6.18 Å². The third kappa shape index (κ3) is 5.08. The van der Waals surface area contributed by atoms with Gasteiger partial charge in [0.05, 0.1) is 29.2 Å². The highest BCUT2D eigenvalue weighted by molar-refractivity contribution is 6.36. The first-order valence-corrected chi connectivity index (χ1v) is 8.95. The highest BCUT2D eigenvalue weighted by atomic mass is 35.5. The summed E-state index contributed by atoms with van der Waals surface area (Å²) in [5.41, 5.74) is -0.656. The number of imidazole rings is 1. The molecule has 3 rings (SSSR count). The van der Waals surface area contributed by atoms with Crippen LogP contribution >= 0.6 is 11.6 Å². The normalized spacial score (nSPS) is 11.4. The maximum atomic E-state index is 12.9. The second-order valence-corrected chi connectivity index (χ2v) is 6.38. The van der Waals surface area contributed by atoms with Gasteiger partial charge in [0.15, 0.2) is 0 Å². The van der Waals surface area contributed by atoms with E-state index in [1.54, 1.807) is 23.0 Å². The topological polar surface area (TPSA) is 78.3 Å². The van der Waals surface area contributed by atoms with Gasteiger partial charge in [0, 0.05) is 37.5 Å². The number of nitrogens with one attached hydrogen (secondary N) is 1. The van der Waals surface area contributed by atoms with Crippen LogP contribution in [0.5, 0.6) is 5.75 Å². The molecule has 1 N–H and O–H groups in total. The molecule has 1 aromatic carbocycles. The number of alkyl halides is 3. The molecule has 2 heterocycles. The molecular formula is C19H16ClF3N4O3. The number of amides is 1. The number of rotatable bonds is 7. The average Bonchev–Trinajstić information content (AvgIpc) is 3.24. The van der Waals surface area contributed by atoms with E-state index in [1.807, 2.05) is 0 Å². The number of halogens is 4. The Balaban J connectivity index is 1.94. The highest BCUT2D eigenvalue weighted by Gasteiger charge is 2.32. The van der Waals surface area contributed by atoms with Crippen LogP contribution in [-0.4, -0.2) is 40.8 Å². The number of methoxy groups -OCH3 is 1. The van der Waals surface area contributed by atoms with Crippen LogP contribution in [0.25, 0.3) is 5.69 Å². The molecule has 0 fully saturated rings. The summed E-state index contributed by atoms with van der Waals surface area (Å²) < 4.78 is 50.8. The number of carbonyl (C=O) groups excluding carboxylic acids is 1. The molecule has 0 unspecified atom stereocenters. The molecule has 2 aromatic heterocycles. The van der Waals surface area contributed by atoms with Crippen LogP contribution in [0.1, 0.15) is 16.1 Å². The van der Waals surface area contributed by atoms with Gasteiger partial charge in [-0.15, -0.1) is 0 Å². The van der Waals surface area contributed by atoms with Crippen molar-refractivity contribution in [3.8, 4) is 11.4 Å². The molecular weight excluding hydrogens is 425 g/mol. The maximum absolute atomic E-state index is 12.9. The summed E-state index contributed by atoms with van der Waals surface area (Å²) in [5, 5.41) is 2.42. The molecule has 158 valence electrons. The number of aromatic nitrogens is 3. The first kappa shape index (κ1) is 21.6. The summed E-state index contributed by atoms with van der Waals surface area (Å²) in [6.07, 6.45) is 1.05. The lowest BCUT2D eigenvalue weighted by Gasteiger charge is -2.15. The van der Waals surface area contributed by atoms with Crippen molar-refractivity contribution in [3.05, 3.63) is 65.5 Å². The third-order valence-corrected chi connectivity index (χ3v) is 4.31. The van der Waals surface area contributed by atoms with E-state index in [0.717, 1.165) is 12.3 Å². The molecule has 3 aromatic rings. The van der Waals surface area contributed by atoms with E-state index in [1.165, 1.54) is 25.6 Å². The van der Waals surface area contributed by atoms with E-state index >= 15 is 0 Å². The Morgan fingerprint density at radius 2 is 2.03 bits per heavy atom. The van der Waals surface area contributed by atoms with Crippen LogP contribution in [0.3, 0.4) is 0 Å². The summed E-state index contributed by atoms with van der Waals surface area (Å²) in [6.45, 7) is 0.481. The highest BCUT2D eigenvalue weighted by Crippen LogP contribution is 2.33. The Morgan fingerprint density at radius 3 is 2.70 bits per heavy atom. The Morgan fingerprint density at radius 1 is 1.23 bits per heavy atom. The SMILES string of the molecule is COCCOc1cc(-n2ccnc2)cc(C(=O)Nc2ccnc(C(F)(F)F)c2)c1Cl. The molecule has 0 spiro atoms. The molecule has 7 nitrogen and oxygen atoms in total. The van der Waals surface area contributed by atoms with Gasteiger partial charge in [0.1, 0.15) is 18.1 Å². The zero-order valence-corrected chi connectivity index (χ0v) is 16.4. The van der Waals surface area contributed by atoms with Gasteiger partial charge in [-0.25, -0.2) is 4.98 Å². The number of anilines is 1. The van der Waals surface area contributed by atoms with Crippen LogP contribution in [0, 0.1) is 0 Å². The summed E-state index contributed by atoms with van der Waals surface area (Å²) >= 11 is 6.34. The van der Waals surface area contributed by atoms with Crippen molar-refractivity contribution in [2.45, 2.75) is 6.18 Å². The third-order valence-electron chi connectivity index (χ3n) is 3.92. The summed E-state index contributed by atoms with van der Waals surface area (Å²) in [5.74, 6) is -0.492. The summed E-state index contributed by atoms with van der Waals surface area (Å²) in [6, 6.07) is 5.08. The van der Waals surface area contributed by atoms with Crippen molar-refractivity contribution in [2.24, 2.45) is 0 Å². The fourth-order valence-corrected chi connectivity index (χ4v) is 2.76. The van der Waals surface area contributed by atoms with Gasteiger partial charge in [-0.1, -0.05) is 11.6 Å². The first-order chi connectivity index (χ1) is 14.3. The maximum Gasteiger partial charge on any atom is 0.433 e. The van der Waals surface area contributed by atoms with Crippen molar-refractivity contribution in [1.82, 2.24) is 14.5 Å². The molecule has 0 bridgehead atoms. The minimum Gasteiger partial charge on any atom is -0.490 e. The average molecular weight is 441 g/mol. The van der Waals surface area contributed by atoms with Gasteiger partial charge in [-0.05, 0) is 18.2 Å². The molecule has 1 amide bonds. The van der Waals surface area contributed by atoms with E-state index in [4.69, 9.17) is 21.1 Å². The Kier molecular flexibility index (Phi) is 6.58. The number of hydrogen-bond donors (Lipinski definition) is 1. The molecule has 30 heavy (non-hydrogen) atoms. The van der Waals surface area contributed by atoms with Crippen molar-refractivity contribution in [1.29, 1.82) is 0 Å². The summed E-state index contributed by atoms with van der Waals surface area (Å²) in [7, 11) is 1.51. The standard InChI is InChI=1S/C19H16ClF3N4O3/c1-29-6-7-30-15-10-13(27-5-4-24-11-27)9-14(17(15)20)18(28)26-12-2-3-25-16(8-12)19(21,22)23/h2-5,8-11H,6-7H2,1H3,(H,25,26,28). The largest absolute Gasteiger partial charge is 0.490 e. The number of benzene rings is 1. The predicted molar refractivity (Wildman–Crippen MR) is 103 cm³/mol. The lowest BCUT2D eigenvalue weighted by atomic mass is 10.1. The van der Waals surface area contributed by atoms with E-state index in [0.29, 0.717) is 12.3 Å². The molecule has 0 aliphatic carbocycles. The molecule has 0 aliphatic rings. The van der Waals surface area contributed by atoms with E-state index in [2.05, 4.69) is 15.3 Å². The summed E-state index contributed by atoms with van der Waals surface area (Å²) in [4.78, 5) is 20.0. The number of nitrogens with zero attached hydrogens (tertiary/aromatic N) is 3. The Labute approximate surface area is 174 Å². The van der Waals surface area contributed by atoms with Gasteiger partial charge in [-0.3, -0.25) is 9.78 Å². The van der Waals surface area contributed by atoms with Crippen molar-refractivity contribution >= 4 is 23.2 Å². The zero-order valence-electron chi connectivity index (χ0n) is 15.6. The predicted octanol–water partition coefficient (Wildman–Crippen LogP) is 4.22. The minimum atomic E-state index is -4.64. The second-order valence-electron chi connectivity index (χ2n) is 6.00. The molecule has 0 saturated heterocycles. The Hall–Kier alpha value is -3.11. The number of pyridine rings is 1. The lowest BCUT2D eigenvalue weighted by molar-refractivity contribution is -0.141. The van der Waals surface area contributed by atoms with Crippen molar-refractivity contribution in [2.75, 3.05) is 25.6 Å². The molecule has 0 atom stereocenters. The zero-order chi connectivity index (χ0) is 21.7. The quantitative estimate of drug-likeness (QED) is 0.557. The second kappa shape index (κ2) is 9.14. The van der Waals surface area contributed by atoms with Crippen LogP contribution in [0.2, 0.25) is 5.02 Å². The number of hydrogen-bond acceptors (Lipinski definition) is 5. The van der Waals surface area contributed by atoms with E-state index < -0.39 is 17.8 Å². The Bertz CT molecular complexity index is 1030. The van der Waals surface area contributed by atoms with Gasteiger partial charge in [0.25, 0.3) is 5.91 Å². The fraction of sp³-hybridized carbons (Fsp3) is 0.211. The number of carbonyl (C=O) groups is 1. The molecule has 0 radical (unpaired) electrons.